The summed E-state index contributed by atoms with van der Waals surface area (Å²) in [5, 5.41) is 3.58. The highest BCUT2D eigenvalue weighted by molar-refractivity contribution is 6.30. The van der Waals surface area contributed by atoms with Crippen molar-refractivity contribution in [3.8, 4) is 0 Å². The quantitative estimate of drug-likeness (QED) is 0.841. The lowest BCUT2D eigenvalue weighted by Crippen LogP contribution is -2.25. The summed E-state index contributed by atoms with van der Waals surface area (Å²) < 4.78 is 18.0. The fourth-order valence-electron chi connectivity index (χ4n) is 1.22. The van der Waals surface area contributed by atoms with E-state index in [-0.39, 0.29) is 11.9 Å². The highest BCUT2D eigenvalue weighted by atomic mass is 35.5. The predicted molar refractivity (Wildman–Crippen MR) is 59.6 cm³/mol. The molecule has 0 aromatic heterocycles. The van der Waals surface area contributed by atoms with Crippen LogP contribution < -0.4 is 5.32 Å². The monoisotopic (exact) mass is 231 g/mol. The molecule has 15 heavy (non-hydrogen) atoms. The van der Waals surface area contributed by atoms with E-state index in [1.54, 1.807) is 13.2 Å². The fraction of sp³-hybridized carbons (Fsp3) is 0.455. The lowest BCUT2D eigenvalue weighted by Gasteiger charge is -2.10. The fourth-order valence-corrected chi connectivity index (χ4v) is 1.46. The highest BCUT2D eigenvalue weighted by Gasteiger charge is 2.01. The first-order chi connectivity index (χ1) is 7.11. The smallest absolute Gasteiger partial charge is 0.125 e. The van der Waals surface area contributed by atoms with Gasteiger partial charge in [-0.3, -0.25) is 0 Å². The molecule has 2 nitrogen and oxygen atoms in total. The highest BCUT2D eigenvalue weighted by Crippen LogP contribution is 2.13. The van der Waals surface area contributed by atoms with Crippen molar-refractivity contribution in [2.24, 2.45) is 0 Å². The maximum Gasteiger partial charge on any atom is 0.125 e. The van der Waals surface area contributed by atoms with Crippen molar-refractivity contribution in [1.82, 2.24) is 5.32 Å². The van der Waals surface area contributed by atoms with Crippen molar-refractivity contribution in [1.29, 1.82) is 0 Å². The van der Waals surface area contributed by atoms with Gasteiger partial charge >= 0.3 is 0 Å². The molecule has 1 atom stereocenters. The van der Waals surface area contributed by atoms with Crippen LogP contribution in [-0.2, 0) is 11.3 Å². The van der Waals surface area contributed by atoms with Crippen molar-refractivity contribution in [2.75, 3.05) is 13.7 Å². The molecule has 0 aliphatic heterocycles. The molecule has 1 rings (SSSR count). The third-order valence-corrected chi connectivity index (χ3v) is 2.30. The Morgan fingerprint density at radius 2 is 2.20 bits per heavy atom. The van der Waals surface area contributed by atoms with Crippen molar-refractivity contribution >= 4 is 11.6 Å². The molecule has 0 saturated carbocycles. The van der Waals surface area contributed by atoms with E-state index >= 15 is 0 Å². The molecule has 0 aliphatic carbocycles. The minimum absolute atomic E-state index is 0.147. The second-order valence-electron chi connectivity index (χ2n) is 3.45. The molecule has 1 unspecified atom stereocenters. The van der Waals surface area contributed by atoms with Crippen LogP contribution in [0, 0.1) is 5.82 Å². The second kappa shape index (κ2) is 6.05. The molecule has 0 amide bonds. The lowest BCUT2D eigenvalue weighted by atomic mass is 10.2. The number of hydrogen-bond acceptors (Lipinski definition) is 2. The molecule has 0 spiro atoms. The van der Waals surface area contributed by atoms with E-state index in [2.05, 4.69) is 5.32 Å². The van der Waals surface area contributed by atoms with E-state index < -0.39 is 0 Å². The van der Waals surface area contributed by atoms with E-state index in [1.165, 1.54) is 12.1 Å². The minimum Gasteiger partial charge on any atom is -0.380 e. The molecule has 0 heterocycles. The predicted octanol–water partition coefficient (Wildman–Crippen LogP) is 2.60. The normalized spacial score (nSPS) is 12.8. The average molecular weight is 232 g/mol. The molecule has 1 aromatic rings. The Bertz CT molecular complexity index is 299. The number of nitrogens with one attached hydrogen (secondary N) is 1. The number of halogens is 2. The van der Waals surface area contributed by atoms with Crippen molar-refractivity contribution in [3.63, 3.8) is 0 Å². The molecular weight excluding hydrogens is 217 g/mol. The first kappa shape index (κ1) is 12.4. The van der Waals surface area contributed by atoms with Gasteiger partial charge in [0.15, 0.2) is 0 Å². The van der Waals surface area contributed by atoms with Gasteiger partial charge in [-0.1, -0.05) is 11.6 Å². The third kappa shape index (κ3) is 4.60. The van der Waals surface area contributed by atoms with E-state index in [9.17, 15) is 4.39 Å². The van der Waals surface area contributed by atoms with Crippen molar-refractivity contribution < 1.29 is 9.13 Å². The summed E-state index contributed by atoms with van der Waals surface area (Å²) in [7, 11) is 1.66. The summed E-state index contributed by atoms with van der Waals surface area (Å²) in [5.41, 5.74) is 0.836. The standard InChI is InChI=1S/C11H15ClFNO/c1-8(15-2)6-14-7-9-3-10(12)5-11(13)4-9/h3-5,8,14H,6-7H2,1-2H3. The van der Waals surface area contributed by atoms with Gasteiger partial charge in [-0.2, -0.15) is 0 Å². The molecule has 0 fully saturated rings. The molecule has 84 valence electrons. The van der Waals surface area contributed by atoms with Gasteiger partial charge in [0, 0.05) is 25.2 Å². The third-order valence-electron chi connectivity index (χ3n) is 2.09. The molecule has 4 heteroatoms. The van der Waals surface area contributed by atoms with Gasteiger partial charge in [-0.05, 0) is 30.7 Å². The minimum atomic E-state index is -0.306. The number of rotatable bonds is 5. The van der Waals surface area contributed by atoms with Gasteiger partial charge in [-0.25, -0.2) is 4.39 Å². The molecule has 0 aliphatic rings. The van der Waals surface area contributed by atoms with E-state index in [0.717, 1.165) is 12.1 Å². The Hall–Kier alpha value is -0.640. The summed E-state index contributed by atoms with van der Waals surface area (Å²) in [6.45, 7) is 3.28. The lowest BCUT2D eigenvalue weighted by molar-refractivity contribution is 0.117. The van der Waals surface area contributed by atoms with Crippen molar-refractivity contribution in [2.45, 2.75) is 19.6 Å². The molecule has 1 aromatic carbocycles. The summed E-state index contributed by atoms with van der Waals surface area (Å²) in [5.74, 6) is -0.306. The summed E-state index contributed by atoms with van der Waals surface area (Å²) in [6, 6.07) is 4.51. The van der Waals surface area contributed by atoms with Crippen LogP contribution in [0.25, 0.3) is 0 Å². The van der Waals surface area contributed by atoms with E-state index in [1.807, 2.05) is 6.92 Å². The van der Waals surface area contributed by atoms with Crippen LogP contribution in [0.3, 0.4) is 0 Å². The SMILES string of the molecule is COC(C)CNCc1cc(F)cc(Cl)c1. The van der Waals surface area contributed by atoms with Crippen LogP contribution in [0.4, 0.5) is 4.39 Å². The summed E-state index contributed by atoms with van der Waals surface area (Å²) in [4.78, 5) is 0. The Labute approximate surface area is 94.4 Å². The number of ether oxygens (including phenoxy) is 1. The van der Waals surface area contributed by atoms with Crippen LogP contribution in [0.5, 0.6) is 0 Å². The number of hydrogen-bond donors (Lipinski definition) is 1. The zero-order valence-corrected chi connectivity index (χ0v) is 9.64. The molecule has 0 saturated heterocycles. The Morgan fingerprint density at radius 3 is 2.80 bits per heavy atom. The van der Waals surface area contributed by atoms with Crippen LogP contribution >= 0.6 is 11.6 Å². The Kier molecular flexibility index (Phi) is 5.02. The van der Waals surface area contributed by atoms with Crippen LogP contribution in [0.15, 0.2) is 18.2 Å². The first-order valence-corrected chi connectivity index (χ1v) is 5.18. The number of benzene rings is 1. The topological polar surface area (TPSA) is 21.3 Å². The van der Waals surface area contributed by atoms with Crippen molar-refractivity contribution in [3.05, 3.63) is 34.6 Å². The van der Waals surface area contributed by atoms with E-state index in [4.69, 9.17) is 16.3 Å². The Morgan fingerprint density at radius 1 is 1.47 bits per heavy atom. The van der Waals surface area contributed by atoms with Crippen LogP contribution in [-0.4, -0.2) is 19.8 Å². The first-order valence-electron chi connectivity index (χ1n) is 4.80. The van der Waals surface area contributed by atoms with Crippen LogP contribution in [0.2, 0.25) is 5.02 Å². The van der Waals surface area contributed by atoms with Gasteiger partial charge in [0.1, 0.15) is 5.82 Å². The molecule has 0 bridgehead atoms. The zero-order chi connectivity index (χ0) is 11.3. The number of methoxy groups -OCH3 is 1. The average Bonchev–Trinajstić information content (AvgIpc) is 2.16. The molecule has 0 radical (unpaired) electrons. The van der Waals surface area contributed by atoms with E-state index in [0.29, 0.717) is 11.6 Å². The van der Waals surface area contributed by atoms with Gasteiger partial charge in [-0.15, -0.1) is 0 Å². The van der Waals surface area contributed by atoms with Gasteiger partial charge in [0.2, 0.25) is 0 Å². The summed E-state index contributed by atoms with van der Waals surface area (Å²) >= 11 is 5.73. The van der Waals surface area contributed by atoms with Crippen LogP contribution in [0.1, 0.15) is 12.5 Å². The maximum atomic E-state index is 12.9. The largest absolute Gasteiger partial charge is 0.380 e. The maximum absolute atomic E-state index is 12.9. The molecular formula is C11H15ClFNO. The van der Waals surface area contributed by atoms with Gasteiger partial charge in [0.05, 0.1) is 6.10 Å². The van der Waals surface area contributed by atoms with Gasteiger partial charge < -0.3 is 10.1 Å². The Balaban J connectivity index is 2.43. The second-order valence-corrected chi connectivity index (χ2v) is 3.89. The summed E-state index contributed by atoms with van der Waals surface area (Å²) in [6.07, 6.45) is 0.147. The van der Waals surface area contributed by atoms with Gasteiger partial charge in [0.25, 0.3) is 0 Å². The molecule has 1 N–H and O–H groups in total. The zero-order valence-electron chi connectivity index (χ0n) is 8.89.